The van der Waals surface area contributed by atoms with Crippen LogP contribution in [0.2, 0.25) is 0 Å². The number of nitrogens with one attached hydrogen (secondary N) is 1. The predicted octanol–water partition coefficient (Wildman–Crippen LogP) is 3.56. The average Bonchev–Trinajstić information content (AvgIpc) is 2.46. The Balaban J connectivity index is 2.07. The van der Waals surface area contributed by atoms with Crippen LogP contribution in [0.25, 0.3) is 0 Å². The third-order valence-electron chi connectivity index (χ3n) is 3.54. The minimum atomic E-state index is 0.224. The van der Waals surface area contributed by atoms with Crippen LogP contribution in [0, 0.1) is 6.92 Å². The maximum absolute atomic E-state index is 9.87. The number of aromatic hydroxyl groups is 1. The summed E-state index contributed by atoms with van der Waals surface area (Å²) in [5, 5.41) is 13.3. The first-order chi connectivity index (χ1) is 9.61. The summed E-state index contributed by atoms with van der Waals surface area (Å²) in [5.41, 5.74) is 3.38. The van der Waals surface area contributed by atoms with Gasteiger partial charge in [0.25, 0.3) is 0 Å². The zero-order valence-corrected chi connectivity index (χ0v) is 12.2. The molecule has 3 heteroatoms. The van der Waals surface area contributed by atoms with Gasteiger partial charge in [0.05, 0.1) is 7.11 Å². The Kier molecular flexibility index (Phi) is 4.64. The fraction of sp³-hybridized carbons (Fsp3) is 0.294. The van der Waals surface area contributed by atoms with Crippen molar-refractivity contribution in [2.75, 3.05) is 7.11 Å². The largest absolute Gasteiger partial charge is 0.508 e. The molecule has 1 atom stereocenters. The lowest BCUT2D eigenvalue weighted by atomic mass is 10.0. The van der Waals surface area contributed by atoms with Gasteiger partial charge in [-0.25, -0.2) is 0 Å². The monoisotopic (exact) mass is 271 g/mol. The summed E-state index contributed by atoms with van der Waals surface area (Å²) < 4.78 is 5.18. The van der Waals surface area contributed by atoms with Gasteiger partial charge in [0.1, 0.15) is 11.5 Å². The van der Waals surface area contributed by atoms with Crippen molar-refractivity contribution in [2.24, 2.45) is 0 Å². The van der Waals surface area contributed by atoms with Crippen molar-refractivity contribution in [3.05, 3.63) is 59.2 Å². The van der Waals surface area contributed by atoms with Crippen molar-refractivity contribution >= 4 is 0 Å². The fourth-order valence-electron chi connectivity index (χ4n) is 2.28. The molecule has 0 aliphatic carbocycles. The average molecular weight is 271 g/mol. The SMILES string of the molecule is COc1ccc(O)c(CN[C@@H](C)c2ccccc2C)c1. The van der Waals surface area contributed by atoms with Crippen LogP contribution in [0.5, 0.6) is 11.5 Å². The highest BCUT2D eigenvalue weighted by Crippen LogP contribution is 2.24. The van der Waals surface area contributed by atoms with Gasteiger partial charge in [0, 0.05) is 18.2 Å². The number of aryl methyl sites for hydroxylation is 1. The second-order valence-corrected chi connectivity index (χ2v) is 4.95. The lowest BCUT2D eigenvalue weighted by molar-refractivity contribution is 0.409. The molecule has 0 spiro atoms. The third kappa shape index (κ3) is 3.31. The normalized spacial score (nSPS) is 12.2. The number of methoxy groups -OCH3 is 1. The molecule has 0 amide bonds. The summed E-state index contributed by atoms with van der Waals surface area (Å²) in [6, 6.07) is 13.8. The maximum atomic E-state index is 9.87. The Labute approximate surface area is 120 Å². The molecule has 0 aromatic heterocycles. The van der Waals surface area contributed by atoms with E-state index in [1.807, 2.05) is 18.2 Å². The molecule has 0 saturated heterocycles. The third-order valence-corrected chi connectivity index (χ3v) is 3.54. The highest BCUT2D eigenvalue weighted by atomic mass is 16.5. The molecule has 0 unspecified atom stereocenters. The van der Waals surface area contributed by atoms with Crippen LogP contribution >= 0.6 is 0 Å². The van der Waals surface area contributed by atoms with Crippen molar-refractivity contribution < 1.29 is 9.84 Å². The summed E-state index contributed by atoms with van der Waals surface area (Å²) in [6.45, 7) is 4.83. The highest BCUT2D eigenvalue weighted by Gasteiger charge is 2.09. The molecule has 2 aromatic carbocycles. The number of hydrogen-bond donors (Lipinski definition) is 2. The van der Waals surface area contributed by atoms with E-state index in [1.165, 1.54) is 11.1 Å². The second-order valence-electron chi connectivity index (χ2n) is 4.95. The van der Waals surface area contributed by atoms with E-state index in [0.717, 1.165) is 11.3 Å². The molecule has 0 heterocycles. The van der Waals surface area contributed by atoms with E-state index in [0.29, 0.717) is 6.54 Å². The Morgan fingerprint density at radius 3 is 2.65 bits per heavy atom. The van der Waals surface area contributed by atoms with Gasteiger partial charge in [-0.05, 0) is 43.2 Å². The van der Waals surface area contributed by atoms with Crippen molar-refractivity contribution in [1.29, 1.82) is 0 Å². The number of phenols is 1. The molecule has 0 radical (unpaired) electrons. The van der Waals surface area contributed by atoms with E-state index in [2.05, 4.69) is 31.3 Å². The van der Waals surface area contributed by atoms with Gasteiger partial charge in [-0.15, -0.1) is 0 Å². The minimum Gasteiger partial charge on any atom is -0.508 e. The first-order valence-corrected chi connectivity index (χ1v) is 6.76. The van der Waals surface area contributed by atoms with Gasteiger partial charge in [-0.1, -0.05) is 24.3 Å². The van der Waals surface area contributed by atoms with Gasteiger partial charge < -0.3 is 15.2 Å². The summed E-state index contributed by atoms with van der Waals surface area (Å²) in [6.07, 6.45) is 0. The quantitative estimate of drug-likeness (QED) is 0.873. The zero-order valence-electron chi connectivity index (χ0n) is 12.2. The van der Waals surface area contributed by atoms with Crippen LogP contribution in [0.3, 0.4) is 0 Å². The smallest absolute Gasteiger partial charge is 0.120 e. The highest BCUT2D eigenvalue weighted by molar-refractivity contribution is 5.39. The van der Waals surface area contributed by atoms with Crippen molar-refractivity contribution in [2.45, 2.75) is 26.4 Å². The molecule has 0 aliphatic rings. The van der Waals surface area contributed by atoms with Gasteiger partial charge in [0.15, 0.2) is 0 Å². The molecule has 3 nitrogen and oxygen atoms in total. The molecule has 20 heavy (non-hydrogen) atoms. The number of rotatable bonds is 5. The van der Waals surface area contributed by atoms with Gasteiger partial charge in [-0.3, -0.25) is 0 Å². The van der Waals surface area contributed by atoms with Crippen molar-refractivity contribution in [1.82, 2.24) is 5.32 Å². The van der Waals surface area contributed by atoms with Gasteiger partial charge in [0.2, 0.25) is 0 Å². The van der Waals surface area contributed by atoms with Crippen LogP contribution < -0.4 is 10.1 Å². The number of ether oxygens (including phenoxy) is 1. The van der Waals surface area contributed by atoms with E-state index in [1.54, 1.807) is 19.2 Å². The zero-order chi connectivity index (χ0) is 14.5. The molecule has 0 fully saturated rings. The molecule has 0 saturated carbocycles. The first kappa shape index (κ1) is 14.4. The standard InChI is InChI=1S/C17H21NO2/c1-12-6-4-5-7-16(12)13(2)18-11-14-10-15(20-3)8-9-17(14)19/h4-10,13,18-19H,11H2,1-3H3/t13-/m0/s1. The lowest BCUT2D eigenvalue weighted by Gasteiger charge is -2.17. The van der Waals surface area contributed by atoms with Crippen LogP contribution in [0.15, 0.2) is 42.5 Å². The Morgan fingerprint density at radius 1 is 1.20 bits per heavy atom. The molecular formula is C17H21NO2. The molecule has 0 bridgehead atoms. The molecule has 2 aromatic rings. The molecule has 106 valence electrons. The molecule has 2 rings (SSSR count). The predicted molar refractivity (Wildman–Crippen MR) is 81.1 cm³/mol. The van der Waals surface area contributed by atoms with E-state index < -0.39 is 0 Å². The van der Waals surface area contributed by atoms with E-state index in [-0.39, 0.29) is 11.8 Å². The number of phenolic OH excluding ortho intramolecular Hbond substituents is 1. The Morgan fingerprint density at radius 2 is 1.95 bits per heavy atom. The maximum Gasteiger partial charge on any atom is 0.120 e. The van der Waals surface area contributed by atoms with E-state index >= 15 is 0 Å². The van der Waals surface area contributed by atoms with E-state index in [4.69, 9.17) is 4.74 Å². The Hall–Kier alpha value is -2.00. The van der Waals surface area contributed by atoms with Crippen LogP contribution in [0.1, 0.15) is 29.7 Å². The number of hydrogen-bond acceptors (Lipinski definition) is 3. The second kappa shape index (κ2) is 6.44. The van der Waals surface area contributed by atoms with Gasteiger partial charge in [-0.2, -0.15) is 0 Å². The summed E-state index contributed by atoms with van der Waals surface area (Å²) in [5.74, 6) is 1.04. The topological polar surface area (TPSA) is 41.5 Å². The van der Waals surface area contributed by atoms with Gasteiger partial charge >= 0.3 is 0 Å². The van der Waals surface area contributed by atoms with Crippen LogP contribution in [-0.2, 0) is 6.54 Å². The summed E-state index contributed by atoms with van der Waals surface area (Å²) >= 11 is 0. The first-order valence-electron chi connectivity index (χ1n) is 6.76. The minimum absolute atomic E-state index is 0.224. The summed E-state index contributed by atoms with van der Waals surface area (Å²) in [4.78, 5) is 0. The van der Waals surface area contributed by atoms with Crippen molar-refractivity contribution in [3.63, 3.8) is 0 Å². The van der Waals surface area contributed by atoms with E-state index in [9.17, 15) is 5.11 Å². The number of benzene rings is 2. The molecular weight excluding hydrogens is 250 g/mol. The molecule has 0 aliphatic heterocycles. The Bertz CT molecular complexity index is 581. The van der Waals surface area contributed by atoms with Crippen molar-refractivity contribution in [3.8, 4) is 11.5 Å². The summed E-state index contributed by atoms with van der Waals surface area (Å²) in [7, 11) is 1.62. The fourth-order valence-corrected chi connectivity index (χ4v) is 2.28. The molecule has 2 N–H and O–H groups in total. The van der Waals surface area contributed by atoms with Crippen LogP contribution in [0.4, 0.5) is 0 Å². The lowest BCUT2D eigenvalue weighted by Crippen LogP contribution is -2.19. The van der Waals surface area contributed by atoms with Crippen LogP contribution in [-0.4, -0.2) is 12.2 Å².